The van der Waals surface area contributed by atoms with Gasteiger partial charge < -0.3 is 14.7 Å². The van der Waals surface area contributed by atoms with Crippen molar-refractivity contribution in [2.75, 3.05) is 19.8 Å². The molecule has 5 rings (SSSR count). The number of carbonyl (C=O) groups is 2. The van der Waals surface area contributed by atoms with Crippen LogP contribution in [0.3, 0.4) is 0 Å². The van der Waals surface area contributed by atoms with E-state index in [9.17, 15) is 24.3 Å². The average Bonchev–Trinajstić information content (AvgIpc) is 3.43. The van der Waals surface area contributed by atoms with E-state index in [0.29, 0.717) is 50.2 Å². The molecule has 2 amide bonds. The molecular formula is C25H30FN4O4+. The molecule has 1 saturated carbocycles. The number of nitrogens with one attached hydrogen (secondary N) is 1. The Kier molecular flexibility index (Phi) is 6.02. The molecule has 1 unspecified atom stereocenters. The Hall–Kier alpha value is -2.99. The lowest BCUT2D eigenvalue weighted by molar-refractivity contribution is -0.394. The Morgan fingerprint density at radius 2 is 2.03 bits per heavy atom. The number of alkyl halides is 1. The standard InChI is InChI=1S/C25H29FN4O4/c26-14-25(15-27)8-10-29(11-9-25)19-2-1-3-21(19)34-17-4-5-18-16(12-17)13-30(24(18)33)20-6-7-22(31)28-23(20)32/h4-5,12,19-21H,1-3,6-11,13-14H2,(H,28,31,32)/p+1/t19-,20?,21+/m0/s1. The van der Waals surface area contributed by atoms with Gasteiger partial charge in [0.1, 0.15) is 18.5 Å². The minimum atomic E-state index is -0.836. The van der Waals surface area contributed by atoms with Crippen LogP contribution in [0.1, 0.15) is 60.9 Å². The molecule has 180 valence electrons. The van der Waals surface area contributed by atoms with Crippen molar-refractivity contribution in [3.8, 4) is 11.8 Å². The van der Waals surface area contributed by atoms with Gasteiger partial charge in [-0.15, -0.1) is 4.99 Å². The highest BCUT2D eigenvalue weighted by Gasteiger charge is 2.42. The van der Waals surface area contributed by atoms with Crippen LogP contribution in [-0.2, 0) is 11.3 Å². The van der Waals surface area contributed by atoms with E-state index in [4.69, 9.17) is 4.74 Å². The lowest BCUT2D eigenvalue weighted by Crippen LogP contribution is -2.82. The quantitative estimate of drug-likeness (QED) is 0.672. The summed E-state index contributed by atoms with van der Waals surface area (Å²) < 4.78 is 19.8. The number of amides is 2. The van der Waals surface area contributed by atoms with Crippen LogP contribution in [0, 0.1) is 16.7 Å². The fraction of sp³-hybridized carbons (Fsp3) is 0.600. The summed E-state index contributed by atoms with van der Waals surface area (Å²) in [6, 6.07) is 7.40. The summed E-state index contributed by atoms with van der Waals surface area (Å²) in [5.74, 6) is 0.145. The Balaban J connectivity index is 1.26. The molecule has 1 aromatic rings. The zero-order valence-electron chi connectivity index (χ0n) is 19.1. The molecule has 0 bridgehead atoms. The first-order valence-corrected chi connectivity index (χ1v) is 12.1. The van der Waals surface area contributed by atoms with Crippen LogP contribution in [0.25, 0.3) is 0 Å². The van der Waals surface area contributed by atoms with Crippen LogP contribution in [-0.4, -0.2) is 70.6 Å². The Bertz CT molecular complexity index is 1060. The van der Waals surface area contributed by atoms with E-state index in [1.54, 1.807) is 11.0 Å². The van der Waals surface area contributed by atoms with Gasteiger partial charge in [-0.25, -0.2) is 9.18 Å². The number of carbonyl (C=O) groups excluding carboxylic acids is 2. The molecule has 8 nitrogen and oxygen atoms in total. The molecular weight excluding hydrogens is 439 g/mol. The minimum absolute atomic E-state index is 0.0113. The lowest BCUT2D eigenvalue weighted by Gasteiger charge is -2.40. The molecule has 2 N–H and O–H groups in total. The van der Waals surface area contributed by atoms with Gasteiger partial charge >= 0.3 is 11.8 Å². The summed E-state index contributed by atoms with van der Waals surface area (Å²) in [5, 5.41) is 19.6. The van der Waals surface area contributed by atoms with Crippen LogP contribution in [0.5, 0.6) is 5.75 Å². The largest absolute Gasteiger partial charge is 0.489 e. The van der Waals surface area contributed by atoms with Gasteiger partial charge in [0.25, 0.3) is 5.91 Å². The third-order valence-corrected chi connectivity index (χ3v) is 7.94. The fourth-order valence-electron chi connectivity index (χ4n) is 5.84. The van der Waals surface area contributed by atoms with Gasteiger partial charge in [0.15, 0.2) is 6.04 Å². The summed E-state index contributed by atoms with van der Waals surface area (Å²) in [7, 11) is 0. The molecule has 0 radical (unpaired) electrons. The van der Waals surface area contributed by atoms with E-state index in [0.717, 1.165) is 24.8 Å². The van der Waals surface area contributed by atoms with Crippen molar-refractivity contribution < 1.29 is 28.8 Å². The molecule has 9 heteroatoms. The number of nitrogens with zero attached hydrogens (tertiary/aromatic N) is 3. The minimum Gasteiger partial charge on any atom is -0.489 e. The topological polar surface area (TPSA) is 108 Å². The molecule has 1 saturated heterocycles. The van der Waals surface area contributed by atoms with Gasteiger partial charge in [-0.2, -0.15) is 5.26 Å². The fourth-order valence-corrected chi connectivity index (χ4v) is 5.84. The highest BCUT2D eigenvalue weighted by atomic mass is 19.1. The molecule has 3 aliphatic heterocycles. The molecule has 34 heavy (non-hydrogen) atoms. The molecule has 3 heterocycles. The molecule has 1 aromatic carbocycles. The summed E-state index contributed by atoms with van der Waals surface area (Å²) in [4.78, 5) is 30.8. The number of benzene rings is 1. The monoisotopic (exact) mass is 469 g/mol. The van der Waals surface area contributed by atoms with Crippen molar-refractivity contribution in [1.29, 1.82) is 5.26 Å². The van der Waals surface area contributed by atoms with Crippen molar-refractivity contribution >= 4 is 17.7 Å². The van der Waals surface area contributed by atoms with Crippen molar-refractivity contribution in [2.45, 2.75) is 69.7 Å². The number of aliphatic hydroxyl groups is 1. The first kappa shape index (κ1) is 22.8. The van der Waals surface area contributed by atoms with Gasteiger partial charge in [-0.1, -0.05) is 0 Å². The van der Waals surface area contributed by atoms with E-state index in [1.165, 1.54) is 0 Å². The van der Waals surface area contributed by atoms with Crippen molar-refractivity contribution in [2.24, 2.45) is 5.41 Å². The Labute approximate surface area is 198 Å². The summed E-state index contributed by atoms with van der Waals surface area (Å²) >= 11 is 0. The molecule has 0 spiro atoms. The van der Waals surface area contributed by atoms with E-state index in [1.807, 2.05) is 12.1 Å². The van der Waals surface area contributed by atoms with Crippen LogP contribution in [0.2, 0.25) is 0 Å². The van der Waals surface area contributed by atoms with Gasteiger partial charge in [-0.05, 0) is 62.3 Å². The summed E-state index contributed by atoms with van der Waals surface area (Å²) in [6.07, 6.45) is 4.77. The van der Waals surface area contributed by atoms with Gasteiger partial charge in [0.2, 0.25) is 0 Å². The van der Waals surface area contributed by atoms with Gasteiger partial charge in [0.05, 0.1) is 17.9 Å². The van der Waals surface area contributed by atoms with Gasteiger partial charge in [0, 0.05) is 31.2 Å². The van der Waals surface area contributed by atoms with E-state index >= 15 is 0 Å². The number of ether oxygens (including phenoxy) is 1. The second-order valence-electron chi connectivity index (χ2n) is 9.96. The van der Waals surface area contributed by atoms with Crippen molar-refractivity contribution in [3.63, 3.8) is 0 Å². The second kappa shape index (κ2) is 8.99. The van der Waals surface area contributed by atoms with E-state index in [-0.39, 0.29) is 36.3 Å². The smallest absolute Gasteiger partial charge is 0.388 e. The number of nitriles is 1. The SMILES string of the molecule is N#CC1(CF)CCN([C@H]2CCC[C@H]2Oc2ccc3c(c2)CN(C2CCC(=O)[NH+]=C2O)C3=O)CC1. The van der Waals surface area contributed by atoms with Gasteiger partial charge in [-0.3, -0.25) is 9.69 Å². The van der Waals surface area contributed by atoms with E-state index in [2.05, 4.69) is 16.0 Å². The summed E-state index contributed by atoms with van der Waals surface area (Å²) in [5.41, 5.74) is 0.605. The number of aliphatic hydroxyl groups excluding tert-OH is 1. The Morgan fingerprint density at radius 3 is 2.74 bits per heavy atom. The van der Waals surface area contributed by atoms with Crippen LogP contribution < -0.4 is 9.73 Å². The Morgan fingerprint density at radius 1 is 1.24 bits per heavy atom. The lowest BCUT2D eigenvalue weighted by atomic mass is 9.80. The number of fused-ring (bicyclic) bond motifs is 1. The number of rotatable bonds is 5. The van der Waals surface area contributed by atoms with Crippen LogP contribution in [0.15, 0.2) is 18.2 Å². The highest BCUT2D eigenvalue weighted by Crippen LogP contribution is 2.37. The first-order chi connectivity index (χ1) is 16.4. The normalized spacial score (nSPS) is 29.0. The zero-order valence-corrected chi connectivity index (χ0v) is 19.1. The molecule has 1 aliphatic carbocycles. The van der Waals surface area contributed by atoms with Crippen LogP contribution >= 0.6 is 0 Å². The summed E-state index contributed by atoms with van der Waals surface area (Å²) in [6.45, 7) is 1.17. The molecule has 2 fully saturated rings. The van der Waals surface area contributed by atoms with Crippen LogP contribution in [0.4, 0.5) is 4.39 Å². The highest BCUT2D eigenvalue weighted by molar-refractivity contribution is 6.01. The predicted molar refractivity (Wildman–Crippen MR) is 120 cm³/mol. The second-order valence-corrected chi connectivity index (χ2v) is 9.96. The number of hydrogen-bond acceptors (Lipinski definition) is 5. The maximum atomic E-state index is 13.4. The third kappa shape index (κ3) is 4.05. The molecule has 4 aliphatic rings. The van der Waals surface area contributed by atoms with E-state index < -0.39 is 18.1 Å². The number of piperidine rings is 1. The maximum absolute atomic E-state index is 13.4. The number of halogens is 1. The molecule has 0 aromatic heterocycles. The van der Waals surface area contributed by atoms with Crippen molar-refractivity contribution in [1.82, 2.24) is 9.80 Å². The zero-order chi connectivity index (χ0) is 23.9. The predicted octanol–water partition coefficient (Wildman–Crippen LogP) is 1.24. The average molecular weight is 470 g/mol. The maximum Gasteiger partial charge on any atom is 0.388 e. The third-order valence-electron chi connectivity index (χ3n) is 7.94. The van der Waals surface area contributed by atoms with Crippen molar-refractivity contribution in [3.05, 3.63) is 29.3 Å². The number of hydrogen-bond donors (Lipinski definition) is 2. The number of likely N-dealkylation sites (tertiary alicyclic amines) is 1. The molecule has 3 atom stereocenters. The first-order valence-electron chi connectivity index (χ1n) is 12.1.